The monoisotopic (exact) mass is 202 g/mol. The van der Waals surface area contributed by atoms with Gasteiger partial charge in [-0.15, -0.1) is 4.68 Å². The third-order valence-corrected chi connectivity index (χ3v) is 2.61. The van der Waals surface area contributed by atoms with Gasteiger partial charge < -0.3 is 0 Å². The fourth-order valence-corrected chi connectivity index (χ4v) is 1.59. The highest BCUT2D eigenvalue weighted by molar-refractivity contribution is 5.29. The fourth-order valence-electron chi connectivity index (χ4n) is 1.59. The van der Waals surface area contributed by atoms with Gasteiger partial charge in [0.05, 0.1) is 7.05 Å². The second kappa shape index (κ2) is 3.85. The maximum Gasteiger partial charge on any atom is 0.264 e. The van der Waals surface area contributed by atoms with Gasteiger partial charge in [0.15, 0.2) is 0 Å². The molecule has 0 fully saturated rings. The van der Waals surface area contributed by atoms with Gasteiger partial charge in [0.2, 0.25) is 6.33 Å². The van der Waals surface area contributed by atoms with Crippen LogP contribution in [0.15, 0.2) is 30.9 Å². The Morgan fingerprint density at radius 3 is 2.67 bits per heavy atom. The maximum absolute atomic E-state index is 4.24. The van der Waals surface area contributed by atoms with Gasteiger partial charge in [0.25, 0.3) is 6.33 Å². The highest BCUT2D eigenvalue weighted by Crippen LogP contribution is 2.10. The van der Waals surface area contributed by atoms with Crippen molar-refractivity contribution in [2.75, 3.05) is 0 Å². The van der Waals surface area contributed by atoms with Crippen molar-refractivity contribution in [3.05, 3.63) is 47.5 Å². The molecule has 2 aromatic rings. The van der Waals surface area contributed by atoms with Crippen LogP contribution in [0, 0.1) is 13.8 Å². The number of nitrogens with zero attached hydrogens (tertiary/aromatic N) is 3. The average molecular weight is 202 g/mol. The van der Waals surface area contributed by atoms with Gasteiger partial charge >= 0.3 is 0 Å². The zero-order valence-corrected chi connectivity index (χ0v) is 9.44. The van der Waals surface area contributed by atoms with E-state index in [1.165, 1.54) is 16.7 Å². The third-order valence-electron chi connectivity index (χ3n) is 2.61. The minimum absolute atomic E-state index is 0.835. The molecule has 0 aliphatic rings. The molecule has 0 spiro atoms. The molecule has 0 amide bonds. The summed E-state index contributed by atoms with van der Waals surface area (Å²) in [6.45, 7) is 5.11. The van der Waals surface area contributed by atoms with Crippen LogP contribution in [0.3, 0.4) is 0 Å². The Balaban J connectivity index is 2.21. The van der Waals surface area contributed by atoms with Gasteiger partial charge in [-0.1, -0.05) is 18.2 Å². The van der Waals surface area contributed by atoms with Crippen LogP contribution in [0.25, 0.3) is 0 Å². The second-order valence-electron chi connectivity index (χ2n) is 4.03. The minimum Gasteiger partial charge on any atom is -0.240 e. The molecule has 2 rings (SSSR count). The predicted octanol–water partition coefficient (Wildman–Crippen LogP) is 1.37. The van der Waals surface area contributed by atoms with Crippen molar-refractivity contribution in [1.29, 1.82) is 0 Å². The van der Waals surface area contributed by atoms with E-state index >= 15 is 0 Å². The standard InChI is InChI=1S/C12H16N3/c1-10-4-5-12(6-11(10)2)7-15-9-14(3)8-13-15/h4-6,8-9H,7H2,1-3H3/q+1. The van der Waals surface area contributed by atoms with Crippen molar-refractivity contribution in [3.8, 4) is 0 Å². The van der Waals surface area contributed by atoms with Crippen LogP contribution in [-0.2, 0) is 13.6 Å². The van der Waals surface area contributed by atoms with Gasteiger partial charge in [-0.3, -0.25) is 0 Å². The van der Waals surface area contributed by atoms with Gasteiger partial charge in [-0.05, 0) is 30.5 Å². The lowest BCUT2D eigenvalue weighted by atomic mass is 10.1. The smallest absolute Gasteiger partial charge is 0.240 e. The molecule has 0 radical (unpaired) electrons. The molecule has 0 atom stereocenters. The van der Waals surface area contributed by atoms with Crippen LogP contribution in [0.2, 0.25) is 0 Å². The van der Waals surface area contributed by atoms with Gasteiger partial charge in [-0.25, -0.2) is 4.57 Å². The number of aryl methyl sites for hydroxylation is 3. The molecular weight excluding hydrogens is 186 g/mol. The van der Waals surface area contributed by atoms with Gasteiger partial charge in [0.1, 0.15) is 6.54 Å². The molecule has 0 saturated carbocycles. The quantitative estimate of drug-likeness (QED) is 0.674. The normalized spacial score (nSPS) is 10.6. The summed E-state index contributed by atoms with van der Waals surface area (Å²) in [4.78, 5) is 0. The van der Waals surface area contributed by atoms with E-state index in [9.17, 15) is 0 Å². The molecule has 1 aromatic heterocycles. The lowest BCUT2D eigenvalue weighted by Crippen LogP contribution is -2.23. The number of rotatable bonds is 2. The zero-order chi connectivity index (χ0) is 10.8. The Bertz CT molecular complexity index is 471. The summed E-state index contributed by atoms with van der Waals surface area (Å²) in [5, 5.41) is 4.24. The molecule has 0 saturated heterocycles. The van der Waals surface area contributed by atoms with Crippen molar-refractivity contribution in [2.24, 2.45) is 7.05 Å². The topological polar surface area (TPSA) is 21.7 Å². The summed E-state index contributed by atoms with van der Waals surface area (Å²) in [7, 11) is 1.98. The largest absolute Gasteiger partial charge is 0.264 e. The van der Waals surface area contributed by atoms with Crippen molar-refractivity contribution in [1.82, 2.24) is 9.78 Å². The first kappa shape index (κ1) is 9.90. The summed E-state index contributed by atoms with van der Waals surface area (Å²) in [5.41, 5.74) is 3.97. The van der Waals surface area contributed by atoms with E-state index < -0.39 is 0 Å². The van der Waals surface area contributed by atoms with Crippen molar-refractivity contribution < 1.29 is 4.57 Å². The molecular formula is C12H16N3+. The third kappa shape index (κ3) is 2.24. The van der Waals surface area contributed by atoms with E-state index in [0.717, 1.165) is 6.54 Å². The van der Waals surface area contributed by atoms with E-state index in [0.29, 0.717) is 0 Å². The summed E-state index contributed by atoms with van der Waals surface area (Å²) in [6.07, 6.45) is 3.79. The summed E-state index contributed by atoms with van der Waals surface area (Å²) in [5.74, 6) is 0. The lowest BCUT2D eigenvalue weighted by molar-refractivity contribution is -0.672. The molecule has 3 heteroatoms. The molecule has 0 N–H and O–H groups in total. The van der Waals surface area contributed by atoms with Crippen LogP contribution >= 0.6 is 0 Å². The first-order chi connectivity index (χ1) is 7.15. The molecule has 0 aliphatic carbocycles. The van der Waals surface area contributed by atoms with E-state index in [1.54, 1.807) is 6.33 Å². The first-order valence-electron chi connectivity index (χ1n) is 5.09. The Labute approximate surface area is 90.0 Å². The Morgan fingerprint density at radius 1 is 1.27 bits per heavy atom. The molecule has 0 unspecified atom stereocenters. The minimum atomic E-state index is 0.835. The second-order valence-corrected chi connectivity index (χ2v) is 4.03. The van der Waals surface area contributed by atoms with Crippen LogP contribution in [-0.4, -0.2) is 9.78 Å². The van der Waals surface area contributed by atoms with E-state index in [4.69, 9.17) is 0 Å². The molecule has 1 aromatic carbocycles. The first-order valence-corrected chi connectivity index (χ1v) is 5.09. The van der Waals surface area contributed by atoms with Crippen LogP contribution < -0.4 is 4.57 Å². The number of aromatic nitrogens is 3. The van der Waals surface area contributed by atoms with Crippen LogP contribution in [0.4, 0.5) is 0 Å². The van der Waals surface area contributed by atoms with E-state index in [2.05, 4.69) is 37.1 Å². The molecule has 15 heavy (non-hydrogen) atoms. The highest BCUT2D eigenvalue weighted by atomic mass is 15.3. The molecule has 1 heterocycles. The fraction of sp³-hybridized carbons (Fsp3) is 0.333. The van der Waals surface area contributed by atoms with Gasteiger partial charge in [0, 0.05) is 5.10 Å². The molecule has 0 bridgehead atoms. The lowest BCUT2D eigenvalue weighted by Gasteiger charge is -2.01. The molecule has 0 aliphatic heterocycles. The summed E-state index contributed by atoms with van der Waals surface area (Å²) < 4.78 is 3.88. The van der Waals surface area contributed by atoms with Crippen LogP contribution in [0.1, 0.15) is 16.7 Å². The van der Waals surface area contributed by atoms with Gasteiger partial charge in [-0.2, -0.15) is 0 Å². The van der Waals surface area contributed by atoms with Crippen molar-refractivity contribution in [2.45, 2.75) is 20.4 Å². The predicted molar refractivity (Wildman–Crippen MR) is 58.4 cm³/mol. The number of hydrogen-bond acceptors (Lipinski definition) is 1. The number of hydrogen-bond donors (Lipinski definition) is 0. The van der Waals surface area contributed by atoms with Crippen molar-refractivity contribution >= 4 is 0 Å². The summed E-state index contributed by atoms with van der Waals surface area (Å²) in [6, 6.07) is 6.54. The SMILES string of the molecule is Cc1ccc(Cn2c[n+](C)cn2)cc1C. The Kier molecular flexibility index (Phi) is 2.54. The molecule has 78 valence electrons. The van der Waals surface area contributed by atoms with Crippen LogP contribution in [0.5, 0.6) is 0 Å². The Morgan fingerprint density at radius 2 is 2.07 bits per heavy atom. The average Bonchev–Trinajstić information content (AvgIpc) is 2.58. The van der Waals surface area contributed by atoms with E-state index in [1.807, 2.05) is 22.6 Å². The highest BCUT2D eigenvalue weighted by Gasteiger charge is 2.04. The molecule has 3 nitrogen and oxygen atoms in total. The Hall–Kier alpha value is -1.64. The maximum atomic E-state index is 4.24. The van der Waals surface area contributed by atoms with Crippen molar-refractivity contribution in [3.63, 3.8) is 0 Å². The zero-order valence-electron chi connectivity index (χ0n) is 9.44. The summed E-state index contributed by atoms with van der Waals surface area (Å²) >= 11 is 0. The van der Waals surface area contributed by atoms with E-state index in [-0.39, 0.29) is 0 Å². The number of benzene rings is 1.